The Morgan fingerprint density at radius 2 is 1.81 bits per heavy atom. The predicted molar refractivity (Wildman–Crippen MR) is 112 cm³/mol. The molecule has 0 atom stereocenters. The molecule has 4 heteroatoms. The Bertz CT molecular complexity index is 892. The van der Waals surface area contributed by atoms with E-state index in [0.717, 1.165) is 30.8 Å². The zero-order chi connectivity index (χ0) is 18.5. The van der Waals surface area contributed by atoms with Gasteiger partial charge in [-0.25, -0.2) is 0 Å². The molecule has 0 radical (unpaired) electrons. The molecule has 0 unspecified atom stereocenters. The lowest BCUT2D eigenvalue weighted by atomic mass is 10.0. The third-order valence-electron chi connectivity index (χ3n) is 4.25. The number of nitrogens with one attached hydrogen (secondary N) is 1. The largest absolute Gasteiger partial charge is 0.491 e. The lowest BCUT2D eigenvalue weighted by Gasteiger charge is -2.17. The highest BCUT2D eigenvalue weighted by atomic mass is 35.5. The summed E-state index contributed by atoms with van der Waals surface area (Å²) in [5.41, 5.74) is 2.29. The van der Waals surface area contributed by atoms with Gasteiger partial charge < -0.3 is 10.1 Å². The minimum Gasteiger partial charge on any atom is -0.491 e. The van der Waals surface area contributed by atoms with E-state index in [2.05, 4.69) is 55.6 Å². The van der Waals surface area contributed by atoms with E-state index in [0.29, 0.717) is 10.0 Å². The van der Waals surface area contributed by atoms with Crippen molar-refractivity contribution in [1.82, 2.24) is 5.32 Å². The highest BCUT2D eigenvalue weighted by molar-refractivity contribution is 6.35. The number of halogens is 2. The van der Waals surface area contributed by atoms with Crippen LogP contribution in [0.2, 0.25) is 10.0 Å². The van der Waals surface area contributed by atoms with E-state index in [9.17, 15) is 0 Å². The van der Waals surface area contributed by atoms with E-state index in [1.165, 1.54) is 16.3 Å². The van der Waals surface area contributed by atoms with Crippen molar-refractivity contribution in [2.24, 2.45) is 0 Å². The normalized spacial score (nSPS) is 11.3. The van der Waals surface area contributed by atoms with Crippen LogP contribution in [0.1, 0.15) is 25.0 Å². The molecule has 136 valence electrons. The molecular weight excluding hydrogens is 365 g/mol. The number of hydrogen-bond donors (Lipinski definition) is 1. The first kappa shape index (κ1) is 19.0. The van der Waals surface area contributed by atoms with Crippen molar-refractivity contribution in [3.63, 3.8) is 0 Å². The van der Waals surface area contributed by atoms with Gasteiger partial charge in [0, 0.05) is 22.2 Å². The molecule has 0 aliphatic carbocycles. The number of ether oxygens (including phenoxy) is 1. The zero-order valence-corrected chi connectivity index (χ0v) is 16.6. The summed E-state index contributed by atoms with van der Waals surface area (Å²) in [4.78, 5) is 0. The first-order valence-corrected chi connectivity index (χ1v) is 9.62. The van der Waals surface area contributed by atoms with E-state index >= 15 is 0 Å². The van der Waals surface area contributed by atoms with Gasteiger partial charge in [0.1, 0.15) is 5.75 Å². The van der Waals surface area contributed by atoms with Crippen LogP contribution >= 0.6 is 23.2 Å². The van der Waals surface area contributed by atoms with Gasteiger partial charge in [-0.15, -0.1) is 0 Å². The second-order valence-electron chi connectivity index (χ2n) is 6.59. The Morgan fingerprint density at radius 1 is 1.00 bits per heavy atom. The number of hydrogen-bond acceptors (Lipinski definition) is 2. The summed E-state index contributed by atoms with van der Waals surface area (Å²) in [6.07, 6.45) is 0.990. The van der Waals surface area contributed by atoms with E-state index in [4.69, 9.17) is 27.9 Å². The Morgan fingerprint density at radius 3 is 2.58 bits per heavy atom. The summed E-state index contributed by atoms with van der Waals surface area (Å²) < 4.78 is 6.03. The van der Waals surface area contributed by atoms with Crippen LogP contribution in [0.15, 0.2) is 54.6 Å². The fraction of sp³-hybridized carbons (Fsp3) is 0.273. The van der Waals surface area contributed by atoms with Gasteiger partial charge in [0.05, 0.1) is 6.10 Å². The van der Waals surface area contributed by atoms with Gasteiger partial charge in [0.25, 0.3) is 0 Å². The monoisotopic (exact) mass is 387 g/mol. The van der Waals surface area contributed by atoms with Crippen molar-refractivity contribution in [2.45, 2.75) is 32.9 Å². The van der Waals surface area contributed by atoms with E-state index in [-0.39, 0.29) is 6.10 Å². The summed E-state index contributed by atoms with van der Waals surface area (Å²) in [7, 11) is 0. The van der Waals surface area contributed by atoms with Crippen LogP contribution in [-0.4, -0.2) is 12.6 Å². The fourth-order valence-corrected chi connectivity index (χ4v) is 3.53. The third kappa shape index (κ3) is 4.70. The molecule has 0 amide bonds. The van der Waals surface area contributed by atoms with Crippen LogP contribution in [0.3, 0.4) is 0 Å². The standard InChI is InChI=1S/C22H23Cl2NO/c1-15(2)26-22-10-8-16-5-3-4-6-19(16)20(22)14-25-12-11-17-7-9-18(23)13-21(17)24/h3-10,13,15,25H,11-12,14H2,1-2H3. The lowest BCUT2D eigenvalue weighted by Crippen LogP contribution is -2.18. The Hall–Kier alpha value is -1.74. The van der Waals surface area contributed by atoms with Crippen molar-refractivity contribution >= 4 is 34.0 Å². The average molecular weight is 388 g/mol. The Kier molecular flexibility index (Phi) is 6.42. The molecule has 0 saturated heterocycles. The second-order valence-corrected chi connectivity index (χ2v) is 7.44. The van der Waals surface area contributed by atoms with Gasteiger partial charge in [-0.2, -0.15) is 0 Å². The topological polar surface area (TPSA) is 21.3 Å². The fourth-order valence-electron chi connectivity index (χ4n) is 3.02. The molecule has 0 bridgehead atoms. The van der Waals surface area contributed by atoms with Crippen LogP contribution in [0.5, 0.6) is 5.75 Å². The van der Waals surface area contributed by atoms with E-state index in [1.54, 1.807) is 6.07 Å². The van der Waals surface area contributed by atoms with Crippen molar-refractivity contribution < 1.29 is 4.74 Å². The number of fused-ring (bicyclic) bond motifs is 1. The molecule has 0 aliphatic heterocycles. The van der Waals surface area contributed by atoms with Crippen molar-refractivity contribution in [2.75, 3.05) is 6.54 Å². The molecule has 26 heavy (non-hydrogen) atoms. The predicted octanol–water partition coefficient (Wildman–Crippen LogP) is 6.27. The SMILES string of the molecule is CC(C)Oc1ccc2ccccc2c1CNCCc1ccc(Cl)cc1Cl. The molecule has 2 nitrogen and oxygen atoms in total. The molecule has 1 N–H and O–H groups in total. The Labute approximate surface area is 165 Å². The van der Waals surface area contributed by atoms with Crippen LogP contribution in [-0.2, 0) is 13.0 Å². The van der Waals surface area contributed by atoms with Gasteiger partial charge in [0.2, 0.25) is 0 Å². The van der Waals surface area contributed by atoms with Crippen molar-refractivity contribution in [3.05, 3.63) is 75.8 Å². The second kappa shape index (κ2) is 8.77. The quantitative estimate of drug-likeness (QED) is 0.482. The average Bonchev–Trinajstić information content (AvgIpc) is 2.61. The van der Waals surface area contributed by atoms with Gasteiger partial charge in [-0.05, 0) is 61.3 Å². The molecule has 0 spiro atoms. The maximum atomic E-state index is 6.25. The molecule has 0 aromatic heterocycles. The lowest BCUT2D eigenvalue weighted by molar-refractivity contribution is 0.240. The summed E-state index contributed by atoms with van der Waals surface area (Å²) in [6.45, 7) is 5.67. The summed E-state index contributed by atoms with van der Waals surface area (Å²) in [5.74, 6) is 0.940. The number of benzene rings is 3. The molecule has 3 aromatic rings. The smallest absolute Gasteiger partial charge is 0.124 e. The first-order valence-electron chi connectivity index (χ1n) is 8.86. The minimum absolute atomic E-state index is 0.141. The highest BCUT2D eigenvalue weighted by Gasteiger charge is 2.10. The Balaban J connectivity index is 1.72. The van der Waals surface area contributed by atoms with Gasteiger partial charge in [-0.3, -0.25) is 0 Å². The molecular formula is C22H23Cl2NO. The highest BCUT2D eigenvalue weighted by Crippen LogP contribution is 2.29. The summed E-state index contributed by atoms with van der Waals surface area (Å²) in [6, 6.07) is 18.2. The van der Waals surface area contributed by atoms with Crippen LogP contribution in [0.25, 0.3) is 10.8 Å². The van der Waals surface area contributed by atoms with E-state index in [1.807, 2.05) is 12.1 Å². The zero-order valence-electron chi connectivity index (χ0n) is 15.1. The molecule has 3 rings (SSSR count). The maximum Gasteiger partial charge on any atom is 0.124 e. The first-order chi connectivity index (χ1) is 12.5. The number of rotatable bonds is 7. The van der Waals surface area contributed by atoms with Crippen LogP contribution in [0, 0.1) is 0 Å². The van der Waals surface area contributed by atoms with E-state index < -0.39 is 0 Å². The molecule has 0 fully saturated rings. The summed E-state index contributed by atoms with van der Waals surface area (Å²) >= 11 is 12.2. The van der Waals surface area contributed by atoms with Crippen LogP contribution in [0.4, 0.5) is 0 Å². The molecule has 3 aromatic carbocycles. The molecule has 0 heterocycles. The van der Waals surface area contributed by atoms with Crippen molar-refractivity contribution in [1.29, 1.82) is 0 Å². The molecule has 0 saturated carbocycles. The van der Waals surface area contributed by atoms with Crippen LogP contribution < -0.4 is 10.1 Å². The van der Waals surface area contributed by atoms with Gasteiger partial charge in [0.15, 0.2) is 0 Å². The third-order valence-corrected chi connectivity index (χ3v) is 4.84. The van der Waals surface area contributed by atoms with Crippen molar-refractivity contribution in [3.8, 4) is 5.75 Å². The summed E-state index contributed by atoms with van der Waals surface area (Å²) in [5, 5.41) is 7.35. The maximum absolute atomic E-state index is 6.25. The van der Waals surface area contributed by atoms with Gasteiger partial charge in [-0.1, -0.05) is 59.6 Å². The van der Waals surface area contributed by atoms with Gasteiger partial charge >= 0.3 is 0 Å². The minimum atomic E-state index is 0.141. The molecule has 0 aliphatic rings.